The molecular weight excluding hydrogens is 248 g/mol. The lowest BCUT2D eigenvalue weighted by atomic mass is 10.3. The van der Waals surface area contributed by atoms with Crippen molar-refractivity contribution in [2.75, 3.05) is 33.4 Å². The van der Waals surface area contributed by atoms with Crippen molar-refractivity contribution in [3.63, 3.8) is 0 Å². The van der Waals surface area contributed by atoms with E-state index in [4.69, 9.17) is 9.84 Å². The molecule has 0 amide bonds. The Morgan fingerprint density at radius 2 is 2.17 bits per heavy atom. The third kappa shape index (κ3) is 3.74. The van der Waals surface area contributed by atoms with Crippen LogP contribution in [-0.2, 0) is 11.3 Å². The van der Waals surface area contributed by atoms with Crippen molar-refractivity contribution in [3.05, 3.63) is 29.3 Å². The maximum absolute atomic E-state index is 8.60. The van der Waals surface area contributed by atoms with Crippen LogP contribution in [0.2, 0.25) is 0 Å². The summed E-state index contributed by atoms with van der Waals surface area (Å²) in [5.41, 5.74) is 1.07. The summed E-state index contributed by atoms with van der Waals surface area (Å²) in [4.78, 5) is 6.77. The average Bonchev–Trinajstić information content (AvgIpc) is 2.76. The SMILES string of the molecule is CN(CCOCCO)Cc1nc2ccccc2s1. The number of ether oxygens (including phenoxy) is 1. The summed E-state index contributed by atoms with van der Waals surface area (Å²) in [7, 11) is 2.05. The summed E-state index contributed by atoms with van der Waals surface area (Å²) in [5, 5.41) is 9.73. The summed E-state index contributed by atoms with van der Waals surface area (Å²) in [6, 6.07) is 8.19. The van der Waals surface area contributed by atoms with Gasteiger partial charge in [-0.1, -0.05) is 12.1 Å². The number of hydrogen-bond donors (Lipinski definition) is 1. The van der Waals surface area contributed by atoms with Crippen LogP contribution < -0.4 is 0 Å². The molecule has 0 aliphatic rings. The zero-order valence-corrected chi connectivity index (χ0v) is 11.3. The minimum atomic E-state index is 0.0849. The molecule has 98 valence electrons. The number of aromatic nitrogens is 1. The summed E-state index contributed by atoms with van der Waals surface area (Å²) in [5.74, 6) is 0. The Hall–Kier alpha value is -1.01. The van der Waals surface area contributed by atoms with E-state index in [2.05, 4.69) is 16.0 Å². The van der Waals surface area contributed by atoms with E-state index in [9.17, 15) is 0 Å². The normalized spacial score (nSPS) is 11.5. The van der Waals surface area contributed by atoms with E-state index in [1.165, 1.54) is 4.70 Å². The van der Waals surface area contributed by atoms with Crippen LogP contribution >= 0.6 is 11.3 Å². The van der Waals surface area contributed by atoms with Gasteiger partial charge >= 0.3 is 0 Å². The van der Waals surface area contributed by atoms with Gasteiger partial charge in [0.2, 0.25) is 0 Å². The van der Waals surface area contributed by atoms with Gasteiger partial charge in [0.1, 0.15) is 5.01 Å². The molecule has 2 rings (SSSR count). The number of rotatable bonds is 7. The molecule has 0 aliphatic heterocycles. The number of benzene rings is 1. The second-order valence-corrected chi connectivity index (χ2v) is 5.26. The first-order valence-corrected chi connectivity index (χ1v) is 6.83. The standard InChI is InChI=1S/C13H18N2O2S/c1-15(6-8-17-9-7-16)10-13-14-11-4-2-3-5-12(11)18-13/h2-5,16H,6-10H2,1H3. The first kappa shape index (κ1) is 13.4. The molecule has 1 aromatic heterocycles. The van der Waals surface area contributed by atoms with E-state index in [0.717, 1.165) is 23.6 Å². The average molecular weight is 266 g/mol. The molecular formula is C13H18N2O2S. The van der Waals surface area contributed by atoms with Gasteiger partial charge in [-0.2, -0.15) is 0 Å². The summed E-state index contributed by atoms with van der Waals surface area (Å²) < 4.78 is 6.48. The zero-order valence-electron chi connectivity index (χ0n) is 10.5. The van der Waals surface area contributed by atoms with E-state index in [0.29, 0.717) is 13.2 Å². The van der Waals surface area contributed by atoms with Crippen molar-refractivity contribution in [2.45, 2.75) is 6.54 Å². The van der Waals surface area contributed by atoms with Crippen LogP contribution in [0.1, 0.15) is 5.01 Å². The van der Waals surface area contributed by atoms with Gasteiger partial charge in [0.25, 0.3) is 0 Å². The van der Waals surface area contributed by atoms with Gasteiger partial charge in [-0.25, -0.2) is 4.98 Å². The molecule has 0 bridgehead atoms. The van der Waals surface area contributed by atoms with Crippen molar-refractivity contribution < 1.29 is 9.84 Å². The second-order valence-electron chi connectivity index (χ2n) is 4.15. The van der Waals surface area contributed by atoms with Crippen molar-refractivity contribution in [1.82, 2.24) is 9.88 Å². The lowest BCUT2D eigenvalue weighted by molar-refractivity contribution is 0.0773. The molecule has 0 aliphatic carbocycles. The van der Waals surface area contributed by atoms with Gasteiger partial charge in [0.05, 0.1) is 36.6 Å². The second kappa shape index (κ2) is 6.80. The van der Waals surface area contributed by atoms with Crippen molar-refractivity contribution in [2.24, 2.45) is 0 Å². The number of aliphatic hydroxyl groups excluding tert-OH is 1. The number of para-hydroxylation sites is 1. The molecule has 1 aromatic carbocycles. The maximum atomic E-state index is 8.60. The van der Waals surface area contributed by atoms with Crippen LogP contribution in [0.25, 0.3) is 10.2 Å². The largest absolute Gasteiger partial charge is 0.394 e. The molecule has 0 saturated heterocycles. The third-order valence-electron chi connectivity index (χ3n) is 2.60. The number of hydrogen-bond acceptors (Lipinski definition) is 5. The topological polar surface area (TPSA) is 45.6 Å². The highest BCUT2D eigenvalue weighted by Gasteiger charge is 2.06. The van der Waals surface area contributed by atoms with E-state index in [-0.39, 0.29) is 6.61 Å². The smallest absolute Gasteiger partial charge is 0.108 e. The van der Waals surface area contributed by atoms with E-state index >= 15 is 0 Å². The summed E-state index contributed by atoms with van der Waals surface area (Å²) >= 11 is 1.74. The third-order valence-corrected chi connectivity index (χ3v) is 3.62. The van der Waals surface area contributed by atoms with Gasteiger partial charge in [0, 0.05) is 6.54 Å². The predicted molar refractivity (Wildman–Crippen MR) is 73.9 cm³/mol. The summed E-state index contributed by atoms with van der Waals surface area (Å²) in [6.07, 6.45) is 0. The number of aliphatic hydroxyl groups is 1. The summed E-state index contributed by atoms with van der Waals surface area (Å²) in [6.45, 7) is 2.82. The van der Waals surface area contributed by atoms with Crippen molar-refractivity contribution in [1.29, 1.82) is 0 Å². The van der Waals surface area contributed by atoms with Crippen LogP contribution in [-0.4, -0.2) is 48.4 Å². The highest BCUT2D eigenvalue weighted by molar-refractivity contribution is 7.18. The van der Waals surface area contributed by atoms with E-state index in [1.807, 2.05) is 25.2 Å². The minimum absolute atomic E-state index is 0.0849. The number of thiazole rings is 1. The highest BCUT2D eigenvalue weighted by Crippen LogP contribution is 2.22. The Kier molecular flexibility index (Phi) is 5.07. The first-order valence-electron chi connectivity index (χ1n) is 6.01. The Morgan fingerprint density at radius 3 is 2.94 bits per heavy atom. The molecule has 0 atom stereocenters. The van der Waals surface area contributed by atoms with Crippen LogP contribution in [0.5, 0.6) is 0 Å². The van der Waals surface area contributed by atoms with Crippen LogP contribution in [0.15, 0.2) is 24.3 Å². The van der Waals surface area contributed by atoms with Gasteiger partial charge in [0.15, 0.2) is 0 Å². The van der Waals surface area contributed by atoms with Crippen LogP contribution in [0.4, 0.5) is 0 Å². The molecule has 0 unspecified atom stereocenters. The first-order chi connectivity index (χ1) is 8.79. The Labute approximate surface area is 111 Å². The van der Waals surface area contributed by atoms with Crippen molar-refractivity contribution in [3.8, 4) is 0 Å². The molecule has 0 fully saturated rings. The van der Waals surface area contributed by atoms with E-state index < -0.39 is 0 Å². The highest BCUT2D eigenvalue weighted by atomic mass is 32.1. The fraction of sp³-hybridized carbons (Fsp3) is 0.462. The molecule has 0 spiro atoms. The van der Waals surface area contributed by atoms with Crippen LogP contribution in [0.3, 0.4) is 0 Å². The molecule has 2 aromatic rings. The lowest BCUT2D eigenvalue weighted by Crippen LogP contribution is -2.23. The monoisotopic (exact) mass is 266 g/mol. The molecule has 0 radical (unpaired) electrons. The number of nitrogens with zero attached hydrogens (tertiary/aromatic N) is 2. The van der Waals surface area contributed by atoms with Gasteiger partial charge in [-0.15, -0.1) is 11.3 Å². The number of fused-ring (bicyclic) bond motifs is 1. The minimum Gasteiger partial charge on any atom is -0.394 e. The fourth-order valence-electron chi connectivity index (χ4n) is 1.68. The Balaban J connectivity index is 1.84. The zero-order chi connectivity index (χ0) is 12.8. The van der Waals surface area contributed by atoms with Gasteiger partial charge in [-0.05, 0) is 19.2 Å². The predicted octanol–water partition coefficient (Wildman–Crippen LogP) is 1.74. The van der Waals surface area contributed by atoms with Gasteiger partial charge < -0.3 is 9.84 Å². The fourth-order valence-corrected chi connectivity index (χ4v) is 2.73. The van der Waals surface area contributed by atoms with Crippen molar-refractivity contribution >= 4 is 21.6 Å². The maximum Gasteiger partial charge on any atom is 0.108 e. The molecule has 1 N–H and O–H groups in total. The van der Waals surface area contributed by atoms with Crippen LogP contribution in [0, 0.1) is 0 Å². The Bertz CT molecular complexity index is 454. The molecule has 18 heavy (non-hydrogen) atoms. The Morgan fingerprint density at radius 1 is 1.33 bits per heavy atom. The quantitative estimate of drug-likeness (QED) is 0.775. The van der Waals surface area contributed by atoms with Gasteiger partial charge in [-0.3, -0.25) is 4.90 Å². The molecule has 5 heteroatoms. The lowest BCUT2D eigenvalue weighted by Gasteiger charge is -2.14. The molecule has 0 saturated carbocycles. The number of likely N-dealkylation sites (N-methyl/N-ethyl adjacent to an activating group) is 1. The van der Waals surface area contributed by atoms with E-state index in [1.54, 1.807) is 11.3 Å². The molecule has 1 heterocycles. The molecule has 4 nitrogen and oxygen atoms in total.